The van der Waals surface area contributed by atoms with Crippen molar-refractivity contribution in [2.24, 2.45) is 0 Å². The fraction of sp³-hybridized carbons (Fsp3) is 0.0345. The lowest BCUT2D eigenvalue weighted by molar-refractivity contribution is -0.114. The Labute approximate surface area is 223 Å². The van der Waals surface area contributed by atoms with Gasteiger partial charge in [0.2, 0.25) is 5.91 Å². The summed E-state index contributed by atoms with van der Waals surface area (Å²) >= 11 is 1.27. The molecule has 4 aromatic rings. The van der Waals surface area contributed by atoms with Gasteiger partial charge in [-0.15, -0.1) is 11.8 Å². The number of anilines is 2. The normalized spacial score (nSPS) is 10.9. The van der Waals surface area contributed by atoms with Gasteiger partial charge in [-0.05, 0) is 66.2 Å². The van der Waals surface area contributed by atoms with Crippen LogP contribution in [0.15, 0.2) is 114 Å². The molecule has 1 aromatic heterocycles. The molecule has 38 heavy (non-hydrogen) atoms. The van der Waals surface area contributed by atoms with E-state index in [0.29, 0.717) is 16.8 Å². The van der Waals surface area contributed by atoms with Crippen LogP contribution in [-0.4, -0.2) is 28.5 Å². The highest BCUT2D eigenvalue weighted by molar-refractivity contribution is 8.00. The van der Waals surface area contributed by atoms with Crippen molar-refractivity contribution in [3.8, 4) is 0 Å². The third kappa shape index (κ3) is 7.62. The smallest absolute Gasteiger partial charge is 0.272 e. The van der Waals surface area contributed by atoms with E-state index in [2.05, 4.69) is 20.9 Å². The molecule has 0 aliphatic heterocycles. The summed E-state index contributed by atoms with van der Waals surface area (Å²) in [6.45, 7) is 0. The summed E-state index contributed by atoms with van der Waals surface area (Å²) in [5, 5.41) is 8.00. The molecule has 0 saturated heterocycles. The van der Waals surface area contributed by atoms with Gasteiger partial charge in [0.05, 0.1) is 11.4 Å². The third-order valence-corrected chi connectivity index (χ3v) is 6.17. The fourth-order valence-corrected chi connectivity index (χ4v) is 4.00. The van der Waals surface area contributed by atoms with Crippen molar-refractivity contribution in [2.45, 2.75) is 4.90 Å². The first-order valence-corrected chi connectivity index (χ1v) is 12.5. The molecule has 0 unspecified atom stereocenters. The second-order valence-corrected chi connectivity index (χ2v) is 9.01. The Bertz CT molecular complexity index is 1450. The second-order valence-electron chi connectivity index (χ2n) is 7.96. The number of rotatable bonds is 9. The summed E-state index contributed by atoms with van der Waals surface area (Å²) in [7, 11) is 0. The van der Waals surface area contributed by atoms with Crippen molar-refractivity contribution in [3.05, 3.63) is 126 Å². The van der Waals surface area contributed by atoms with Crippen LogP contribution in [0.4, 0.5) is 15.8 Å². The molecule has 7 nitrogen and oxygen atoms in total. The van der Waals surface area contributed by atoms with Gasteiger partial charge in [-0.1, -0.05) is 36.4 Å². The Balaban J connectivity index is 1.39. The van der Waals surface area contributed by atoms with Crippen molar-refractivity contribution in [3.63, 3.8) is 0 Å². The Morgan fingerprint density at radius 2 is 1.58 bits per heavy atom. The molecule has 4 rings (SSSR count). The number of amides is 3. The number of para-hydroxylation sites is 1. The van der Waals surface area contributed by atoms with E-state index < -0.39 is 17.6 Å². The van der Waals surface area contributed by atoms with Gasteiger partial charge in [0.25, 0.3) is 11.8 Å². The Morgan fingerprint density at radius 3 is 2.29 bits per heavy atom. The zero-order chi connectivity index (χ0) is 26.7. The van der Waals surface area contributed by atoms with E-state index in [9.17, 15) is 18.8 Å². The number of benzene rings is 3. The maximum Gasteiger partial charge on any atom is 0.272 e. The standard InChI is InChI=1S/C29H23FN4O3S/c30-24-10-4-5-11-25(24)33-27(35)19-38-23-14-12-22(13-15-23)32-29(37)26(17-20-7-6-16-31-18-20)34-28(36)21-8-2-1-3-9-21/h1-18H,19H2,(H,32,37)(H,33,35)(H,34,36)/b26-17-. The number of nitrogens with zero attached hydrogens (tertiary/aromatic N) is 1. The fourth-order valence-electron chi connectivity index (χ4n) is 3.30. The summed E-state index contributed by atoms with van der Waals surface area (Å²) in [5.74, 6) is -1.68. The molecule has 0 atom stereocenters. The second kappa shape index (κ2) is 13.0. The number of carbonyl (C=O) groups is 3. The van der Waals surface area contributed by atoms with Gasteiger partial charge >= 0.3 is 0 Å². The van der Waals surface area contributed by atoms with Crippen LogP contribution in [-0.2, 0) is 9.59 Å². The molecule has 3 N–H and O–H groups in total. The minimum atomic E-state index is -0.511. The molecule has 0 radical (unpaired) electrons. The number of nitrogens with one attached hydrogen (secondary N) is 3. The predicted molar refractivity (Wildman–Crippen MR) is 147 cm³/mol. The first-order chi connectivity index (χ1) is 18.5. The Morgan fingerprint density at radius 1 is 0.842 bits per heavy atom. The molecule has 0 bridgehead atoms. The van der Waals surface area contributed by atoms with E-state index in [-0.39, 0.29) is 23.0 Å². The molecular formula is C29H23FN4O3S. The molecule has 3 amide bonds. The average molecular weight is 527 g/mol. The summed E-state index contributed by atoms with van der Waals surface area (Å²) in [5.41, 5.74) is 1.74. The monoisotopic (exact) mass is 526 g/mol. The number of carbonyl (C=O) groups excluding carboxylic acids is 3. The predicted octanol–water partition coefficient (Wildman–Crippen LogP) is 5.36. The summed E-state index contributed by atoms with van der Waals surface area (Å²) < 4.78 is 13.7. The largest absolute Gasteiger partial charge is 0.323 e. The van der Waals surface area contributed by atoms with Gasteiger partial charge in [0.1, 0.15) is 11.5 Å². The van der Waals surface area contributed by atoms with Crippen molar-refractivity contribution in [1.29, 1.82) is 0 Å². The highest BCUT2D eigenvalue weighted by Gasteiger charge is 2.15. The van der Waals surface area contributed by atoms with Gasteiger partial charge in [0.15, 0.2) is 0 Å². The van der Waals surface area contributed by atoms with E-state index >= 15 is 0 Å². The van der Waals surface area contributed by atoms with Gasteiger partial charge < -0.3 is 16.0 Å². The maximum absolute atomic E-state index is 13.7. The topological polar surface area (TPSA) is 100 Å². The van der Waals surface area contributed by atoms with Crippen LogP contribution in [0.25, 0.3) is 6.08 Å². The maximum atomic E-state index is 13.7. The molecule has 0 aliphatic carbocycles. The first kappa shape index (κ1) is 26.3. The number of halogens is 1. The van der Waals surface area contributed by atoms with E-state index in [1.54, 1.807) is 97.3 Å². The van der Waals surface area contributed by atoms with Crippen LogP contribution in [0, 0.1) is 5.82 Å². The van der Waals surface area contributed by atoms with Gasteiger partial charge in [-0.2, -0.15) is 0 Å². The van der Waals surface area contributed by atoms with Crippen LogP contribution < -0.4 is 16.0 Å². The minimum Gasteiger partial charge on any atom is -0.323 e. The minimum absolute atomic E-state index is 0.0510. The summed E-state index contributed by atoms with van der Waals surface area (Å²) in [4.78, 5) is 42.8. The molecule has 3 aromatic carbocycles. The van der Waals surface area contributed by atoms with Crippen LogP contribution in [0.2, 0.25) is 0 Å². The Hall–Kier alpha value is -4.76. The molecule has 0 fully saturated rings. The van der Waals surface area contributed by atoms with Gasteiger partial charge in [-0.25, -0.2) is 4.39 Å². The number of pyridine rings is 1. The van der Waals surface area contributed by atoms with Crippen molar-refractivity contribution >= 4 is 46.9 Å². The van der Waals surface area contributed by atoms with E-state index in [1.807, 2.05) is 0 Å². The van der Waals surface area contributed by atoms with Gasteiger partial charge in [0, 0.05) is 28.5 Å². The molecule has 0 spiro atoms. The highest BCUT2D eigenvalue weighted by atomic mass is 32.2. The van der Waals surface area contributed by atoms with Crippen LogP contribution in [0.1, 0.15) is 15.9 Å². The molecule has 9 heteroatoms. The van der Waals surface area contributed by atoms with Gasteiger partial charge in [-0.3, -0.25) is 19.4 Å². The van der Waals surface area contributed by atoms with Crippen LogP contribution in [0.3, 0.4) is 0 Å². The van der Waals surface area contributed by atoms with Crippen molar-refractivity contribution < 1.29 is 18.8 Å². The highest BCUT2D eigenvalue weighted by Crippen LogP contribution is 2.22. The average Bonchev–Trinajstić information content (AvgIpc) is 2.94. The number of hydrogen-bond donors (Lipinski definition) is 3. The van der Waals surface area contributed by atoms with Crippen molar-refractivity contribution in [1.82, 2.24) is 10.3 Å². The van der Waals surface area contributed by atoms with Crippen molar-refractivity contribution in [2.75, 3.05) is 16.4 Å². The lowest BCUT2D eigenvalue weighted by Crippen LogP contribution is -2.30. The molecule has 0 aliphatic rings. The third-order valence-electron chi connectivity index (χ3n) is 5.15. The zero-order valence-corrected chi connectivity index (χ0v) is 20.9. The molecular weight excluding hydrogens is 503 g/mol. The Kier molecular flexibility index (Phi) is 8.98. The number of hydrogen-bond acceptors (Lipinski definition) is 5. The molecule has 1 heterocycles. The first-order valence-electron chi connectivity index (χ1n) is 11.5. The van der Waals surface area contributed by atoms with Crippen LogP contribution in [0.5, 0.6) is 0 Å². The number of thioether (sulfide) groups is 1. The summed E-state index contributed by atoms with van der Waals surface area (Å²) in [6, 6.07) is 24.9. The van der Waals surface area contributed by atoms with E-state index in [4.69, 9.17) is 0 Å². The summed E-state index contributed by atoms with van der Waals surface area (Å²) in [6.07, 6.45) is 4.74. The van der Waals surface area contributed by atoms with E-state index in [0.717, 1.165) is 4.90 Å². The zero-order valence-electron chi connectivity index (χ0n) is 20.1. The lowest BCUT2D eigenvalue weighted by Gasteiger charge is -2.12. The quantitative estimate of drug-likeness (QED) is 0.201. The molecule has 190 valence electrons. The number of aromatic nitrogens is 1. The lowest BCUT2D eigenvalue weighted by atomic mass is 10.2. The SMILES string of the molecule is O=C(CSc1ccc(NC(=O)/C(=C/c2cccnc2)NC(=O)c2ccccc2)cc1)Nc1ccccc1F. The van der Waals surface area contributed by atoms with Crippen LogP contribution >= 0.6 is 11.8 Å². The molecule has 0 saturated carbocycles. The van der Waals surface area contributed by atoms with E-state index in [1.165, 1.54) is 23.9 Å².